The summed E-state index contributed by atoms with van der Waals surface area (Å²) in [6.45, 7) is 4.40. The SMILES string of the molecule is CCC(NCC(C)(O)CSC)c1ccccc1O. The van der Waals surface area contributed by atoms with Gasteiger partial charge in [0.1, 0.15) is 5.75 Å². The van der Waals surface area contributed by atoms with E-state index in [0.29, 0.717) is 18.0 Å². The molecule has 2 atom stereocenters. The fraction of sp³-hybridized carbons (Fsp3) is 0.571. The van der Waals surface area contributed by atoms with Crippen molar-refractivity contribution in [2.45, 2.75) is 31.9 Å². The highest BCUT2D eigenvalue weighted by atomic mass is 32.2. The Bertz CT molecular complexity index is 369. The summed E-state index contributed by atoms with van der Waals surface area (Å²) in [7, 11) is 0. The minimum absolute atomic E-state index is 0.0690. The van der Waals surface area contributed by atoms with Crippen LogP contribution in [0, 0.1) is 0 Å². The van der Waals surface area contributed by atoms with E-state index in [9.17, 15) is 10.2 Å². The average Bonchev–Trinajstić information content (AvgIpc) is 2.32. The van der Waals surface area contributed by atoms with Crippen LogP contribution in [0.15, 0.2) is 24.3 Å². The Morgan fingerprint density at radius 1 is 1.39 bits per heavy atom. The zero-order valence-electron chi connectivity index (χ0n) is 11.3. The van der Waals surface area contributed by atoms with Gasteiger partial charge in [0, 0.05) is 23.9 Å². The van der Waals surface area contributed by atoms with Crippen LogP contribution in [0.25, 0.3) is 0 Å². The second-order valence-corrected chi connectivity index (χ2v) is 5.70. The van der Waals surface area contributed by atoms with E-state index < -0.39 is 5.60 Å². The summed E-state index contributed by atoms with van der Waals surface area (Å²) in [5.41, 5.74) is 0.164. The van der Waals surface area contributed by atoms with Crippen molar-refractivity contribution in [3.05, 3.63) is 29.8 Å². The number of aromatic hydroxyl groups is 1. The van der Waals surface area contributed by atoms with Gasteiger partial charge in [-0.25, -0.2) is 0 Å². The van der Waals surface area contributed by atoms with Crippen LogP contribution >= 0.6 is 11.8 Å². The van der Waals surface area contributed by atoms with E-state index in [2.05, 4.69) is 12.2 Å². The highest BCUT2D eigenvalue weighted by Crippen LogP contribution is 2.26. The smallest absolute Gasteiger partial charge is 0.120 e. The Labute approximate surface area is 114 Å². The van der Waals surface area contributed by atoms with E-state index in [1.807, 2.05) is 31.4 Å². The molecule has 102 valence electrons. The van der Waals surface area contributed by atoms with Crippen molar-refractivity contribution in [1.29, 1.82) is 0 Å². The van der Waals surface area contributed by atoms with Crippen LogP contribution in [0.4, 0.5) is 0 Å². The molecule has 2 unspecified atom stereocenters. The zero-order chi connectivity index (χ0) is 13.6. The molecule has 1 rings (SSSR count). The standard InChI is InChI=1S/C14H23NO2S/c1-4-12(11-7-5-6-8-13(11)16)15-9-14(2,17)10-18-3/h5-8,12,15-17H,4,9-10H2,1-3H3. The molecule has 0 radical (unpaired) electrons. The molecule has 0 amide bonds. The zero-order valence-corrected chi connectivity index (χ0v) is 12.1. The van der Waals surface area contributed by atoms with Gasteiger partial charge in [-0.15, -0.1) is 0 Å². The molecule has 0 fully saturated rings. The van der Waals surface area contributed by atoms with Crippen LogP contribution < -0.4 is 5.32 Å². The molecule has 18 heavy (non-hydrogen) atoms. The number of phenolic OH excluding ortho intramolecular Hbond substituents is 1. The molecule has 0 bridgehead atoms. The van der Waals surface area contributed by atoms with Gasteiger partial charge in [0.25, 0.3) is 0 Å². The van der Waals surface area contributed by atoms with Gasteiger partial charge in [0.05, 0.1) is 5.60 Å². The first kappa shape index (κ1) is 15.3. The predicted octanol–water partition coefficient (Wildman–Crippen LogP) is 2.55. The van der Waals surface area contributed by atoms with E-state index in [-0.39, 0.29) is 6.04 Å². The molecule has 0 heterocycles. The molecule has 0 aliphatic rings. The topological polar surface area (TPSA) is 52.5 Å². The van der Waals surface area contributed by atoms with Crippen molar-refractivity contribution in [1.82, 2.24) is 5.32 Å². The predicted molar refractivity (Wildman–Crippen MR) is 78.1 cm³/mol. The van der Waals surface area contributed by atoms with Crippen molar-refractivity contribution in [2.75, 3.05) is 18.6 Å². The first-order valence-corrected chi connectivity index (χ1v) is 7.62. The van der Waals surface area contributed by atoms with E-state index in [1.54, 1.807) is 17.8 Å². The van der Waals surface area contributed by atoms with Crippen LogP contribution in [0.3, 0.4) is 0 Å². The number of hydrogen-bond donors (Lipinski definition) is 3. The number of nitrogens with one attached hydrogen (secondary N) is 1. The molecule has 4 heteroatoms. The maximum absolute atomic E-state index is 10.1. The van der Waals surface area contributed by atoms with Crippen LogP contribution in [0.2, 0.25) is 0 Å². The van der Waals surface area contributed by atoms with Crippen molar-refractivity contribution < 1.29 is 10.2 Å². The summed E-state index contributed by atoms with van der Waals surface area (Å²) in [6.07, 6.45) is 2.85. The first-order chi connectivity index (χ1) is 8.50. The maximum atomic E-state index is 10.1. The van der Waals surface area contributed by atoms with Crippen LogP contribution in [0.5, 0.6) is 5.75 Å². The third-order valence-electron chi connectivity index (χ3n) is 2.91. The molecular formula is C14H23NO2S. The van der Waals surface area contributed by atoms with Gasteiger partial charge in [-0.3, -0.25) is 0 Å². The third kappa shape index (κ3) is 4.52. The van der Waals surface area contributed by atoms with Crippen molar-refractivity contribution in [3.63, 3.8) is 0 Å². The van der Waals surface area contributed by atoms with E-state index >= 15 is 0 Å². The molecule has 0 saturated carbocycles. The van der Waals surface area contributed by atoms with Crippen LogP contribution in [0.1, 0.15) is 31.9 Å². The maximum Gasteiger partial charge on any atom is 0.120 e. The number of rotatable bonds is 7. The summed E-state index contributed by atoms with van der Waals surface area (Å²) in [4.78, 5) is 0. The fourth-order valence-electron chi connectivity index (χ4n) is 1.96. The van der Waals surface area contributed by atoms with Gasteiger partial charge in [-0.05, 0) is 25.7 Å². The summed E-state index contributed by atoms with van der Waals surface area (Å²) in [5, 5.41) is 23.3. The van der Waals surface area contributed by atoms with Crippen molar-refractivity contribution in [2.24, 2.45) is 0 Å². The Morgan fingerprint density at radius 3 is 2.61 bits per heavy atom. The molecular weight excluding hydrogens is 246 g/mol. The molecule has 0 aliphatic carbocycles. The van der Waals surface area contributed by atoms with Crippen molar-refractivity contribution >= 4 is 11.8 Å². The van der Waals surface area contributed by atoms with Crippen molar-refractivity contribution in [3.8, 4) is 5.75 Å². The summed E-state index contributed by atoms with van der Waals surface area (Å²) >= 11 is 1.63. The minimum Gasteiger partial charge on any atom is -0.508 e. The normalized spacial score (nSPS) is 16.2. The Morgan fingerprint density at radius 2 is 2.06 bits per heavy atom. The summed E-state index contributed by atoms with van der Waals surface area (Å²) in [6, 6.07) is 7.41. The summed E-state index contributed by atoms with van der Waals surface area (Å²) < 4.78 is 0. The molecule has 0 saturated heterocycles. The van der Waals surface area contributed by atoms with Gasteiger partial charge >= 0.3 is 0 Å². The number of benzene rings is 1. The lowest BCUT2D eigenvalue weighted by Crippen LogP contribution is -2.41. The monoisotopic (exact) mass is 269 g/mol. The fourth-order valence-corrected chi connectivity index (χ4v) is 2.69. The molecule has 1 aromatic carbocycles. The van der Waals surface area contributed by atoms with Gasteiger partial charge < -0.3 is 15.5 Å². The Balaban J connectivity index is 2.66. The number of phenols is 1. The molecule has 1 aromatic rings. The van der Waals surface area contributed by atoms with Gasteiger partial charge in [0.15, 0.2) is 0 Å². The molecule has 3 nitrogen and oxygen atoms in total. The van der Waals surface area contributed by atoms with Gasteiger partial charge in [0.2, 0.25) is 0 Å². The molecule has 0 aliphatic heterocycles. The Hall–Kier alpha value is -0.710. The average molecular weight is 269 g/mol. The van der Waals surface area contributed by atoms with E-state index in [0.717, 1.165) is 12.0 Å². The number of thioether (sulfide) groups is 1. The van der Waals surface area contributed by atoms with Gasteiger partial charge in [-0.1, -0.05) is 25.1 Å². The largest absolute Gasteiger partial charge is 0.508 e. The van der Waals surface area contributed by atoms with Crippen LogP contribution in [-0.4, -0.2) is 34.4 Å². The lowest BCUT2D eigenvalue weighted by atomic mass is 10.0. The second-order valence-electron chi connectivity index (χ2n) is 4.83. The number of aliphatic hydroxyl groups is 1. The summed E-state index contributed by atoms with van der Waals surface area (Å²) in [5.74, 6) is 0.998. The number of hydrogen-bond acceptors (Lipinski definition) is 4. The quantitative estimate of drug-likeness (QED) is 0.712. The first-order valence-electron chi connectivity index (χ1n) is 6.22. The lowest BCUT2D eigenvalue weighted by Gasteiger charge is -2.26. The van der Waals surface area contributed by atoms with E-state index in [1.165, 1.54) is 0 Å². The Kier molecular flexibility index (Phi) is 5.99. The molecule has 0 spiro atoms. The third-order valence-corrected chi connectivity index (χ3v) is 3.82. The second kappa shape index (κ2) is 7.02. The number of para-hydroxylation sites is 1. The highest BCUT2D eigenvalue weighted by molar-refractivity contribution is 7.98. The van der Waals surface area contributed by atoms with Crippen LogP contribution in [-0.2, 0) is 0 Å². The molecule has 0 aromatic heterocycles. The highest BCUT2D eigenvalue weighted by Gasteiger charge is 2.22. The minimum atomic E-state index is -0.725. The van der Waals surface area contributed by atoms with Gasteiger partial charge in [-0.2, -0.15) is 11.8 Å². The van der Waals surface area contributed by atoms with E-state index in [4.69, 9.17) is 0 Å². The lowest BCUT2D eigenvalue weighted by molar-refractivity contribution is 0.0811. The molecule has 3 N–H and O–H groups in total.